The molecule has 1 N–H and O–H groups in total. The predicted octanol–water partition coefficient (Wildman–Crippen LogP) is 4.07. The van der Waals surface area contributed by atoms with E-state index in [0.717, 1.165) is 5.56 Å². The Balaban J connectivity index is 1.96. The van der Waals surface area contributed by atoms with Gasteiger partial charge in [-0.3, -0.25) is 4.79 Å². The number of hydrogen-bond donors (Lipinski definition) is 1. The van der Waals surface area contributed by atoms with Crippen LogP contribution in [-0.2, 0) is 0 Å². The molecule has 0 bridgehead atoms. The second kappa shape index (κ2) is 8.32. The molecule has 3 rings (SSSR count). The van der Waals surface area contributed by atoms with Crippen LogP contribution >= 0.6 is 11.3 Å². The number of thiazole rings is 1. The number of carbonyl (C=O) groups is 2. The minimum atomic E-state index is -0.980. The highest BCUT2D eigenvalue weighted by atomic mass is 32.1. The number of ketones is 1. The highest BCUT2D eigenvalue weighted by Gasteiger charge is 2.20. The number of benzene rings is 2. The molecule has 0 atom stereocenters. The van der Waals surface area contributed by atoms with Crippen LogP contribution < -0.4 is 14.2 Å². The number of rotatable bonds is 7. The number of aromatic carboxylic acids is 1. The first kappa shape index (κ1) is 20.3. The van der Waals surface area contributed by atoms with Gasteiger partial charge >= 0.3 is 5.97 Å². The normalized spacial score (nSPS) is 10.5. The fourth-order valence-electron chi connectivity index (χ4n) is 2.91. The molecule has 0 saturated carbocycles. The third-order valence-corrected chi connectivity index (χ3v) is 5.26. The molecule has 0 fully saturated rings. The van der Waals surface area contributed by atoms with Crippen LogP contribution in [-0.4, -0.2) is 43.2 Å². The third-order valence-electron chi connectivity index (χ3n) is 4.37. The average molecular weight is 413 g/mol. The Morgan fingerprint density at radius 1 is 1.00 bits per heavy atom. The molecule has 2 aromatic carbocycles. The average Bonchev–Trinajstić information content (AvgIpc) is 3.21. The molecule has 0 amide bonds. The lowest BCUT2D eigenvalue weighted by Gasteiger charge is -2.13. The zero-order valence-electron chi connectivity index (χ0n) is 16.3. The summed E-state index contributed by atoms with van der Waals surface area (Å²) in [5, 5.41) is 11.5. The Kier molecular flexibility index (Phi) is 5.84. The Morgan fingerprint density at radius 3 is 2.17 bits per heavy atom. The highest BCUT2D eigenvalue weighted by molar-refractivity contribution is 7.13. The first-order chi connectivity index (χ1) is 13.9. The summed E-state index contributed by atoms with van der Waals surface area (Å²) in [7, 11) is 4.46. The van der Waals surface area contributed by atoms with E-state index in [1.54, 1.807) is 36.6 Å². The van der Waals surface area contributed by atoms with E-state index >= 15 is 0 Å². The summed E-state index contributed by atoms with van der Waals surface area (Å²) in [6.07, 6.45) is 0. The minimum Gasteiger partial charge on any atom is -0.493 e. The summed E-state index contributed by atoms with van der Waals surface area (Å²) in [5.74, 6) is -0.104. The van der Waals surface area contributed by atoms with Crippen LogP contribution in [0.1, 0.15) is 32.0 Å². The van der Waals surface area contributed by atoms with Crippen LogP contribution in [0, 0.1) is 6.92 Å². The second-order valence-corrected chi connectivity index (χ2v) is 6.97. The van der Waals surface area contributed by atoms with E-state index in [4.69, 9.17) is 19.3 Å². The number of ether oxygens (including phenoxy) is 3. The Morgan fingerprint density at radius 2 is 1.66 bits per heavy atom. The Hall–Kier alpha value is -3.39. The van der Waals surface area contributed by atoms with Crippen molar-refractivity contribution >= 4 is 23.1 Å². The molecule has 3 aromatic rings. The molecule has 1 heterocycles. The van der Waals surface area contributed by atoms with Crippen molar-refractivity contribution in [1.29, 1.82) is 0 Å². The van der Waals surface area contributed by atoms with Crippen molar-refractivity contribution in [3.63, 3.8) is 0 Å². The number of hydrogen-bond acceptors (Lipinski definition) is 7. The molecule has 7 nitrogen and oxygen atoms in total. The standard InChI is InChI=1S/C21H19NO6S/c1-11-7-12(5-6-14(11)21(24)25)20-22-15(10-29-20)18(23)13-8-16(26-2)19(28-4)17(9-13)27-3/h5-10H,1-4H3,(H,24,25). The molecule has 150 valence electrons. The number of nitrogens with zero attached hydrogens (tertiary/aromatic N) is 1. The van der Waals surface area contributed by atoms with E-state index in [-0.39, 0.29) is 17.0 Å². The lowest BCUT2D eigenvalue weighted by molar-refractivity contribution is 0.0696. The fourth-order valence-corrected chi connectivity index (χ4v) is 3.70. The molecule has 0 aliphatic carbocycles. The monoisotopic (exact) mass is 413 g/mol. The van der Waals surface area contributed by atoms with E-state index in [9.17, 15) is 9.59 Å². The van der Waals surface area contributed by atoms with E-state index in [0.29, 0.717) is 33.4 Å². The van der Waals surface area contributed by atoms with Gasteiger partial charge in [-0.2, -0.15) is 0 Å². The number of aryl methyl sites for hydroxylation is 1. The number of carboxylic acid groups (broad SMARTS) is 1. The van der Waals surface area contributed by atoms with Gasteiger partial charge in [0, 0.05) is 16.5 Å². The summed E-state index contributed by atoms with van der Waals surface area (Å²) in [4.78, 5) is 28.6. The van der Waals surface area contributed by atoms with Crippen LogP contribution in [0.5, 0.6) is 17.2 Å². The van der Waals surface area contributed by atoms with Gasteiger partial charge in [0.1, 0.15) is 10.7 Å². The van der Waals surface area contributed by atoms with Gasteiger partial charge in [0.2, 0.25) is 11.5 Å². The van der Waals surface area contributed by atoms with E-state index in [2.05, 4.69) is 4.98 Å². The lowest BCUT2D eigenvalue weighted by atomic mass is 10.1. The SMILES string of the molecule is COc1cc(C(=O)c2csc(-c3ccc(C(=O)O)c(C)c3)n2)cc(OC)c1OC. The Bertz CT molecular complexity index is 1060. The summed E-state index contributed by atoms with van der Waals surface area (Å²) in [5.41, 5.74) is 2.25. The Labute approximate surface area is 171 Å². The van der Waals surface area contributed by atoms with Crippen LogP contribution in [0.15, 0.2) is 35.7 Å². The van der Waals surface area contributed by atoms with Gasteiger partial charge in [-0.05, 0) is 36.8 Å². The quantitative estimate of drug-likeness (QED) is 0.583. The van der Waals surface area contributed by atoms with Gasteiger partial charge < -0.3 is 19.3 Å². The molecule has 29 heavy (non-hydrogen) atoms. The zero-order chi connectivity index (χ0) is 21.1. The maximum atomic E-state index is 13.0. The molecular weight excluding hydrogens is 394 g/mol. The molecule has 0 aliphatic rings. The molecule has 0 aliphatic heterocycles. The lowest BCUT2D eigenvalue weighted by Crippen LogP contribution is -2.04. The maximum Gasteiger partial charge on any atom is 0.335 e. The van der Waals surface area contributed by atoms with E-state index < -0.39 is 5.97 Å². The largest absolute Gasteiger partial charge is 0.493 e. The van der Waals surface area contributed by atoms with Gasteiger partial charge in [0.05, 0.1) is 26.9 Å². The highest BCUT2D eigenvalue weighted by Crippen LogP contribution is 2.39. The van der Waals surface area contributed by atoms with Gasteiger partial charge in [0.15, 0.2) is 11.5 Å². The van der Waals surface area contributed by atoms with Crippen LogP contribution in [0.4, 0.5) is 0 Å². The van der Waals surface area contributed by atoms with Crippen molar-refractivity contribution in [1.82, 2.24) is 4.98 Å². The first-order valence-corrected chi connectivity index (χ1v) is 9.42. The molecule has 0 spiro atoms. The summed E-state index contributed by atoms with van der Waals surface area (Å²) in [6, 6.07) is 8.12. The van der Waals surface area contributed by atoms with Crippen molar-refractivity contribution in [3.8, 4) is 27.8 Å². The molecule has 1 aromatic heterocycles. The summed E-state index contributed by atoms with van der Waals surface area (Å²) >= 11 is 1.31. The molecule has 0 unspecified atom stereocenters. The van der Waals surface area contributed by atoms with Crippen LogP contribution in [0.25, 0.3) is 10.6 Å². The van der Waals surface area contributed by atoms with Gasteiger partial charge in [-0.25, -0.2) is 9.78 Å². The smallest absolute Gasteiger partial charge is 0.335 e. The molecule has 0 saturated heterocycles. The minimum absolute atomic E-state index is 0.235. The maximum absolute atomic E-state index is 13.0. The second-order valence-electron chi connectivity index (χ2n) is 6.12. The third kappa shape index (κ3) is 3.93. The predicted molar refractivity (Wildman–Crippen MR) is 109 cm³/mol. The van der Waals surface area contributed by atoms with E-state index in [1.807, 2.05) is 0 Å². The van der Waals surface area contributed by atoms with E-state index in [1.165, 1.54) is 38.7 Å². The summed E-state index contributed by atoms with van der Waals surface area (Å²) in [6.45, 7) is 1.72. The molecule has 8 heteroatoms. The van der Waals surface area contributed by atoms with Gasteiger partial charge in [-0.15, -0.1) is 11.3 Å². The zero-order valence-corrected chi connectivity index (χ0v) is 17.1. The fraction of sp³-hybridized carbons (Fsp3) is 0.190. The summed E-state index contributed by atoms with van der Waals surface area (Å²) < 4.78 is 15.9. The van der Waals surface area contributed by atoms with Gasteiger partial charge in [0.25, 0.3) is 0 Å². The number of aromatic nitrogens is 1. The topological polar surface area (TPSA) is 95.0 Å². The number of carboxylic acids is 1. The number of carbonyl (C=O) groups excluding carboxylic acids is 1. The first-order valence-electron chi connectivity index (χ1n) is 8.54. The molecular formula is C21H19NO6S. The number of methoxy groups -OCH3 is 3. The molecule has 0 radical (unpaired) electrons. The van der Waals surface area contributed by atoms with Crippen LogP contribution in [0.2, 0.25) is 0 Å². The van der Waals surface area contributed by atoms with Crippen molar-refractivity contribution in [2.24, 2.45) is 0 Å². The van der Waals surface area contributed by atoms with Crippen molar-refractivity contribution in [2.45, 2.75) is 6.92 Å². The van der Waals surface area contributed by atoms with Crippen LogP contribution in [0.3, 0.4) is 0 Å². The van der Waals surface area contributed by atoms with Crippen molar-refractivity contribution in [3.05, 3.63) is 58.1 Å². The van der Waals surface area contributed by atoms with Crippen molar-refractivity contribution in [2.75, 3.05) is 21.3 Å². The van der Waals surface area contributed by atoms with Gasteiger partial charge in [-0.1, -0.05) is 6.07 Å². The van der Waals surface area contributed by atoms with Crippen molar-refractivity contribution < 1.29 is 28.9 Å².